The SMILES string of the molecule is Cc1[nH]c2nc(=S)n([C@@H]3O[C@H](COP(=O)(O)OP(=O)(O)OP(=O)(O)O)C(O)[C@@H]3O)cc2c(=O)c1C. The molecule has 35 heavy (non-hydrogen) atoms. The predicted molar refractivity (Wildman–Crippen MR) is 116 cm³/mol. The largest absolute Gasteiger partial charge is 0.490 e. The van der Waals surface area contributed by atoms with Crippen molar-refractivity contribution >= 4 is 46.7 Å². The second-order valence-electron chi connectivity index (χ2n) is 7.33. The van der Waals surface area contributed by atoms with E-state index in [2.05, 4.69) is 23.1 Å². The fourth-order valence-corrected chi connectivity index (χ4v) is 6.40. The van der Waals surface area contributed by atoms with E-state index in [-0.39, 0.29) is 21.2 Å². The van der Waals surface area contributed by atoms with Crippen molar-refractivity contribution in [2.45, 2.75) is 38.4 Å². The average Bonchev–Trinajstić information content (AvgIpc) is 2.96. The van der Waals surface area contributed by atoms with Crippen molar-refractivity contribution in [2.24, 2.45) is 0 Å². The molecule has 6 atom stereocenters. The molecule has 0 aromatic carbocycles. The van der Waals surface area contributed by atoms with E-state index in [1.807, 2.05) is 0 Å². The Morgan fingerprint density at radius 3 is 2.34 bits per heavy atom. The second-order valence-corrected chi connectivity index (χ2v) is 12.1. The Morgan fingerprint density at radius 1 is 1.11 bits per heavy atom. The highest BCUT2D eigenvalue weighted by atomic mass is 32.1. The molecule has 1 aliphatic rings. The minimum Gasteiger partial charge on any atom is -0.387 e. The zero-order chi connectivity index (χ0) is 26.5. The Labute approximate surface area is 200 Å². The van der Waals surface area contributed by atoms with Crippen LogP contribution in [-0.2, 0) is 31.6 Å². The van der Waals surface area contributed by atoms with Gasteiger partial charge in [-0.2, -0.15) is 8.62 Å². The molecule has 0 radical (unpaired) electrons. The van der Waals surface area contributed by atoms with E-state index in [1.54, 1.807) is 13.8 Å². The third-order valence-electron chi connectivity index (χ3n) is 4.83. The van der Waals surface area contributed by atoms with Gasteiger partial charge in [-0.25, -0.2) is 18.7 Å². The average molecular weight is 579 g/mol. The number of aromatic nitrogens is 3. The number of aryl methyl sites for hydroxylation is 1. The van der Waals surface area contributed by atoms with Gasteiger partial charge in [-0.15, -0.1) is 0 Å². The van der Waals surface area contributed by atoms with Crippen LogP contribution in [0.15, 0.2) is 11.0 Å². The zero-order valence-corrected chi connectivity index (χ0v) is 21.2. The molecular formula is C14H20N3O14P3S. The van der Waals surface area contributed by atoms with Crippen LogP contribution in [0.5, 0.6) is 0 Å². The maximum atomic E-state index is 12.6. The van der Waals surface area contributed by atoms with E-state index in [0.717, 1.165) is 4.57 Å². The molecule has 7 N–H and O–H groups in total. The minimum absolute atomic E-state index is 0.101. The smallest absolute Gasteiger partial charge is 0.387 e. The molecule has 0 amide bonds. The molecule has 1 saturated heterocycles. The van der Waals surface area contributed by atoms with Crippen molar-refractivity contribution < 1.29 is 61.4 Å². The number of rotatable bonds is 8. The number of phosphoric ester groups is 1. The normalized spacial score (nSPS) is 26.5. The summed E-state index contributed by atoms with van der Waals surface area (Å²) in [5.41, 5.74) is 0.785. The fourth-order valence-electron chi connectivity index (χ4n) is 3.12. The number of H-pyrrole nitrogens is 1. The monoisotopic (exact) mass is 579 g/mol. The molecule has 0 spiro atoms. The summed E-state index contributed by atoms with van der Waals surface area (Å²) in [6.07, 6.45) is -5.15. The van der Waals surface area contributed by atoms with Crippen molar-refractivity contribution in [3.8, 4) is 0 Å². The van der Waals surface area contributed by atoms with E-state index in [1.165, 1.54) is 6.20 Å². The lowest BCUT2D eigenvalue weighted by atomic mass is 10.1. The van der Waals surface area contributed by atoms with Gasteiger partial charge in [0.2, 0.25) is 4.77 Å². The Morgan fingerprint density at radius 2 is 1.74 bits per heavy atom. The first-order valence-corrected chi connectivity index (χ1v) is 14.3. The van der Waals surface area contributed by atoms with Gasteiger partial charge >= 0.3 is 23.5 Å². The van der Waals surface area contributed by atoms with Crippen molar-refractivity contribution in [2.75, 3.05) is 6.61 Å². The van der Waals surface area contributed by atoms with E-state index >= 15 is 0 Å². The van der Waals surface area contributed by atoms with E-state index in [0.29, 0.717) is 11.3 Å². The Kier molecular flexibility index (Phi) is 8.05. The summed E-state index contributed by atoms with van der Waals surface area (Å²) in [5, 5.41) is 20.8. The van der Waals surface area contributed by atoms with Gasteiger partial charge in [0.25, 0.3) is 0 Å². The van der Waals surface area contributed by atoms with Gasteiger partial charge in [0, 0.05) is 17.5 Å². The number of hydrogen-bond acceptors (Lipinski definition) is 12. The second kappa shape index (κ2) is 9.93. The summed E-state index contributed by atoms with van der Waals surface area (Å²) in [7, 11) is -16.8. The number of nitrogens with zero attached hydrogens (tertiary/aromatic N) is 2. The third-order valence-corrected chi connectivity index (χ3v) is 8.94. The Balaban J connectivity index is 1.80. The molecule has 0 aliphatic carbocycles. The summed E-state index contributed by atoms with van der Waals surface area (Å²) >= 11 is 5.18. The van der Waals surface area contributed by atoms with Gasteiger partial charge < -0.3 is 39.5 Å². The fraction of sp³-hybridized carbons (Fsp3) is 0.500. The van der Waals surface area contributed by atoms with Gasteiger partial charge in [0.05, 0.1) is 12.0 Å². The summed E-state index contributed by atoms with van der Waals surface area (Å²) in [5.74, 6) is 0. The summed E-state index contributed by atoms with van der Waals surface area (Å²) < 4.78 is 51.9. The third kappa shape index (κ3) is 6.57. The lowest BCUT2D eigenvalue weighted by molar-refractivity contribution is -0.0530. The van der Waals surface area contributed by atoms with Crippen molar-refractivity contribution in [3.05, 3.63) is 32.4 Å². The number of phosphoric acid groups is 3. The van der Waals surface area contributed by atoms with Crippen LogP contribution >= 0.6 is 35.7 Å². The molecule has 0 bridgehead atoms. The predicted octanol–water partition coefficient (Wildman–Crippen LogP) is 0.0334. The van der Waals surface area contributed by atoms with E-state index in [4.69, 9.17) is 26.7 Å². The first-order chi connectivity index (χ1) is 15.9. The van der Waals surface area contributed by atoms with Crippen LogP contribution in [0.2, 0.25) is 0 Å². The number of hydrogen-bond donors (Lipinski definition) is 7. The molecule has 196 valence electrons. The lowest BCUT2D eigenvalue weighted by Gasteiger charge is -2.19. The van der Waals surface area contributed by atoms with Crippen LogP contribution in [0.1, 0.15) is 17.5 Å². The van der Waals surface area contributed by atoms with Crippen LogP contribution in [0.3, 0.4) is 0 Å². The quantitative estimate of drug-likeness (QED) is 0.161. The first-order valence-electron chi connectivity index (χ1n) is 9.33. The summed E-state index contributed by atoms with van der Waals surface area (Å²) in [6.45, 7) is 2.25. The molecule has 2 aromatic rings. The van der Waals surface area contributed by atoms with Gasteiger partial charge in [-0.3, -0.25) is 13.9 Å². The maximum Gasteiger partial charge on any atom is 0.490 e. The number of pyridine rings is 1. The highest BCUT2D eigenvalue weighted by molar-refractivity contribution is 7.71. The van der Waals surface area contributed by atoms with Crippen molar-refractivity contribution in [3.63, 3.8) is 0 Å². The molecule has 2 aromatic heterocycles. The van der Waals surface area contributed by atoms with E-state index < -0.39 is 54.6 Å². The highest BCUT2D eigenvalue weighted by Gasteiger charge is 2.46. The van der Waals surface area contributed by atoms with Crippen LogP contribution in [0, 0.1) is 18.6 Å². The number of aliphatic hydroxyl groups excluding tert-OH is 2. The highest BCUT2D eigenvalue weighted by Crippen LogP contribution is 2.66. The van der Waals surface area contributed by atoms with Gasteiger partial charge in [0.1, 0.15) is 24.0 Å². The van der Waals surface area contributed by atoms with Crippen LogP contribution < -0.4 is 5.43 Å². The Hall–Kier alpha value is -1.20. The van der Waals surface area contributed by atoms with E-state index in [9.17, 15) is 38.5 Å². The van der Waals surface area contributed by atoms with Crippen molar-refractivity contribution in [1.82, 2.24) is 14.5 Å². The number of aromatic amines is 1. The zero-order valence-electron chi connectivity index (χ0n) is 17.7. The Bertz CT molecular complexity index is 1400. The van der Waals surface area contributed by atoms with Crippen LogP contribution in [0.4, 0.5) is 0 Å². The number of ether oxygens (including phenoxy) is 1. The van der Waals surface area contributed by atoms with Crippen LogP contribution in [0.25, 0.3) is 11.0 Å². The molecule has 3 heterocycles. The van der Waals surface area contributed by atoms with Gasteiger partial charge in [-0.05, 0) is 26.1 Å². The number of fused-ring (bicyclic) bond motifs is 1. The molecule has 3 unspecified atom stereocenters. The van der Waals surface area contributed by atoms with Crippen LogP contribution in [-0.4, -0.2) is 69.2 Å². The van der Waals surface area contributed by atoms with Gasteiger partial charge in [-0.1, -0.05) is 0 Å². The summed E-state index contributed by atoms with van der Waals surface area (Å²) in [6, 6.07) is 0. The molecule has 1 aliphatic heterocycles. The molecule has 3 rings (SSSR count). The van der Waals surface area contributed by atoms with Crippen molar-refractivity contribution in [1.29, 1.82) is 0 Å². The molecular weight excluding hydrogens is 559 g/mol. The van der Waals surface area contributed by atoms with Gasteiger partial charge in [0.15, 0.2) is 11.7 Å². The topological polar surface area (TPSA) is 260 Å². The summed E-state index contributed by atoms with van der Waals surface area (Å²) in [4.78, 5) is 55.4. The maximum absolute atomic E-state index is 12.6. The lowest BCUT2D eigenvalue weighted by Crippen LogP contribution is -2.33. The molecule has 0 saturated carbocycles. The molecule has 17 nitrogen and oxygen atoms in total. The standard InChI is InChI=1S/C14H20N3O14P3S/c1-5-6(2)15-12-7(9(5)18)3-17(14(35)16-12)13-11(20)10(19)8(29-13)4-28-33(24,25)31-34(26,27)30-32(21,22)23/h3,8,10-11,13,19-20H,4H2,1-2H3,(H,24,25)(H,26,27)(H,15,16,35)(H2,21,22,23)/t8-,10?,11+,13-/m1/s1. The minimum atomic E-state index is -5.74. The molecule has 21 heteroatoms. The number of nitrogens with one attached hydrogen (secondary N) is 1. The molecule has 1 fully saturated rings. The first kappa shape index (κ1) is 28.4. The number of aliphatic hydroxyl groups is 2.